The summed E-state index contributed by atoms with van der Waals surface area (Å²) < 4.78 is 0. The van der Waals surface area contributed by atoms with Crippen LogP contribution in [0.1, 0.15) is 11.1 Å². The fraction of sp³-hybridized carbons (Fsp3) is 0.176. The van der Waals surface area contributed by atoms with Crippen molar-refractivity contribution in [2.24, 2.45) is 0 Å². The molecule has 0 amide bonds. The summed E-state index contributed by atoms with van der Waals surface area (Å²) in [5.41, 5.74) is 3.88. The van der Waals surface area contributed by atoms with Gasteiger partial charge in [-0.3, -0.25) is 0 Å². The molecule has 0 aromatic heterocycles. The number of rotatable bonds is 4. The van der Waals surface area contributed by atoms with E-state index in [1.807, 2.05) is 6.07 Å². The SMILES string of the molecule is CN(C)C/C(=C\c1ccccc1)c1ccccc1. The lowest BCUT2D eigenvalue weighted by molar-refractivity contribution is 0.463. The molecule has 0 N–H and O–H groups in total. The summed E-state index contributed by atoms with van der Waals surface area (Å²) in [6.45, 7) is 0.943. The van der Waals surface area contributed by atoms with Crippen LogP contribution in [-0.4, -0.2) is 25.5 Å². The quantitative estimate of drug-likeness (QED) is 0.731. The molecule has 0 spiro atoms. The van der Waals surface area contributed by atoms with Gasteiger partial charge in [-0.2, -0.15) is 0 Å². The minimum absolute atomic E-state index is 0.943. The molecule has 0 fully saturated rings. The number of hydrogen-bond donors (Lipinski definition) is 0. The number of benzene rings is 2. The van der Waals surface area contributed by atoms with E-state index in [2.05, 4.69) is 79.7 Å². The van der Waals surface area contributed by atoms with Crippen molar-refractivity contribution in [1.82, 2.24) is 4.90 Å². The van der Waals surface area contributed by atoms with E-state index in [0.717, 1.165) is 6.54 Å². The summed E-state index contributed by atoms with van der Waals surface area (Å²) in [6, 6.07) is 21.0. The lowest BCUT2D eigenvalue weighted by Gasteiger charge is -2.14. The summed E-state index contributed by atoms with van der Waals surface area (Å²) in [5.74, 6) is 0. The largest absolute Gasteiger partial charge is 0.305 e. The Hall–Kier alpha value is -1.86. The van der Waals surface area contributed by atoms with Crippen molar-refractivity contribution in [3.63, 3.8) is 0 Å². The molecule has 2 aromatic carbocycles. The zero-order chi connectivity index (χ0) is 12.8. The maximum Gasteiger partial charge on any atom is 0.0233 e. The third kappa shape index (κ3) is 3.57. The third-order valence-corrected chi connectivity index (χ3v) is 2.77. The molecule has 0 aliphatic heterocycles. The molecule has 0 saturated heterocycles. The predicted octanol–water partition coefficient (Wildman–Crippen LogP) is 3.79. The Bertz CT molecular complexity index is 498. The Labute approximate surface area is 109 Å². The minimum atomic E-state index is 0.943. The van der Waals surface area contributed by atoms with Gasteiger partial charge in [0.05, 0.1) is 0 Å². The fourth-order valence-corrected chi connectivity index (χ4v) is 1.96. The molecule has 0 heterocycles. The lowest BCUT2D eigenvalue weighted by atomic mass is 10.0. The lowest BCUT2D eigenvalue weighted by Crippen LogP contribution is -2.14. The molecular formula is C17H19N. The van der Waals surface area contributed by atoms with Gasteiger partial charge in [0, 0.05) is 6.54 Å². The van der Waals surface area contributed by atoms with Gasteiger partial charge in [0.2, 0.25) is 0 Å². The number of likely N-dealkylation sites (N-methyl/N-ethyl adjacent to an activating group) is 1. The van der Waals surface area contributed by atoms with E-state index in [4.69, 9.17) is 0 Å². The van der Waals surface area contributed by atoms with Crippen LogP contribution < -0.4 is 0 Å². The van der Waals surface area contributed by atoms with Crippen molar-refractivity contribution in [3.8, 4) is 0 Å². The number of nitrogens with zero attached hydrogens (tertiary/aromatic N) is 1. The van der Waals surface area contributed by atoms with Crippen molar-refractivity contribution in [1.29, 1.82) is 0 Å². The van der Waals surface area contributed by atoms with E-state index < -0.39 is 0 Å². The highest BCUT2D eigenvalue weighted by molar-refractivity contribution is 5.82. The molecule has 0 atom stereocenters. The molecule has 2 rings (SSSR count). The van der Waals surface area contributed by atoms with Crippen molar-refractivity contribution >= 4 is 11.6 Å². The fourth-order valence-electron chi connectivity index (χ4n) is 1.96. The van der Waals surface area contributed by atoms with Crippen LogP contribution >= 0.6 is 0 Å². The van der Waals surface area contributed by atoms with Crippen LogP contribution in [0.25, 0.3) is 11.6 Å². The normalized spacial score (nSPS) is 11.8. The van der Waals surface area contributed by atoms with Crippen LogP contribution in [0.5, 0.6) is 0 Å². The van der Waals surface area contributed by atoms with Gasteiger partial charge in [0.1, 0.15) is 0 Å². The average molecular weight is 237 g/mol. The van der Waals surface area contributed by atoms with E-state index in [1.54, 1.807) is 0 Å². The highest BCUT2D eigenvalue weighted by Gasteiger charge is 2.02. The van der Waals surface area contributed by atoms with E-state index in [1.165, 1.54) is 16.7 Å². The van der Waals surface area contributed by atoms with E-state index in [9.17, 15) is 0 Å². The maximum absolute atomic E-state index is 2.26. The first-order chi connectivity index (χ1) is 8.75. The van der Waals surface area contributed by atoms with Crippen LogP contribution in [0, 0.1) is 0 Å². The van der Waals surface area contributed by atoms with Crippen LogP contribution in [0.3, 0.4) is 0 Å². The second-order valence-electron chi connectivity index (χ2n) is 4.68. The highest BCUT2D eigenvalue weighted by Crippen LogP contribution is 2.18. The van der Waals surface area contributed by atoms with Gasteiger partial charge < -0.3 is 4.90 Å². The molecule has 0 bridgehead atoms. The summed E-state index contributed by atoms with van der Waals surface area (Å²) in [7, 11) is 4.20. The molecule has 92 valence electrons. The molecular weight excluding hydrogens is 218 g/mol. The van der Waals surface area contributed by atoms with Gasteiger partial charge in [0.15, 0.2) is 0 Å². The van der Waals surface area contributed by atoms with Crippen LogP contribution in [0.2, 0.25) is 0 Å². The van der Waals surface area contributed by atoms with Crippen molar-refractivity contribution in [3.05, 3.63) is 71.8 Å². The summed E-state index contributed by atoms with van der Waals surface area (Å²) >= 11 is 0. The second-order valence-corrected chi connectivity index (χ2v) is 4.68. The molecule has 2 aromatic rings. The topological polar surface area (TPSA) is 3.24 Å². The molecule has 0 radical (unpaired) electrons. The molecule has 0 saturated carbocycles. The van der Waals surface area contributed by atoms with Gasteiger partial charge >= 0.3 is 0 Å². The predicted molar refractivity (Wildman–Crippen MR) is 79.3 cm³/mol. The van der Waals surface area contributed by atoms with Crippen molar-refractivity contribution in [2.45, 2.75) is 0 Å². The Kier molecular flexibility index (Phi) is 4.32. The smallest absolute Gasteiger partial charge is 0.0233 e. The molecule has 0 aliphatic carbocycles. The third-order valence-electron chi connectivity index (χ3n) is 2.77. The molecule has 0 unspecified atom stereocenters. The van der Waals surface area contributed by atoms with Crippen LogP contribution in [-0.2, 0) is 0 Å². The van der Waals surface area contributed by atoms with E-state index in [0.29, 0.717) is 0 Å². The van der Waals surface area contributed by atoms with Crippen molar-refractivity contribution in [2.75, 3.05) is 20.6 Å². The first-order valence-electron chi connectivity index (χ1n) is 6.21. The molecule has 1 nitrogen and oxygen atoms in total. The second kappa shape index (κ2) is 6.18. The average Bonchev–Trinajstić information content (AvgIpc) is 2.40. The van der Waals surface area contributed by atoms with Gasteiger partial charge in [0.25, 0.3) is 0 Å². The van der Waals surface area contributed by atoms with Crippen LogP contribution in [0.15, 0.2) is 60.7 Å². The Balaban J connectivity index is 2.34. The monoisotopic (exact) mass is 237 g/mol. The molecule has 1 heteroatoms. The Morgan fingerprint density at radius 2 is 1.44 bits per heavy atom. The van der Waals surface area contributed by atoms with Gasteiger partial charge in [-0.25, -0.2) is 0 Å². The van der Waals surface area contributed by atoms with E-state index >= 15 is 0 Å². The molecule has 0 aliphatic rings. The summed E-state index contributed by atoms with van der Waals surface area (Å²) in [6.07, 6.45) is 2.26. The molecule has 18 heavy (non-hydrogen) atoms. The highest BCUT2D eigenvalue weighted by atomic mass is 15.0. The standard InChI is InChI=1S/C17H19N/c1-18(2)14-17(16-11-7-4-8-12-16)13-15-9-5-3-6-10-15/h3-13H,14H2,1-2H3/b17-13+. The Morgan fingerprint density at radius 3 is 2.00 bits per heavy atom. The van der Waals surface area contributed by atoms with Crippen LogP contribution in [0.4, 0.5) is 0 Å². The zero-order valence-electron chi connectivity index (χ0n) is 11.0. The zero-order valence-corrected chi connectivity index (χ0v) is 11.0. The first kappa shape index (κ1) is 12.6. The maximum atomic E-state index is 2.26. The van der Waals surface area contributed by atoms with Gasteiger partial charge in [-0.15, -0.1) is 0 Å². The minimum Gasteiger partial charge on any atom is -0.305 e. The van der Waals surface area contributed by atoms with Gasteiger partial charge in [-0.05, 0) is 36.9 Å². The van der Waals surface area contributed by atoms with Gasteiger partial charge in [-0.1, -0.05) is 60.7 Å². The number of hydrogen-bond acceptors (Lipinski definition) is 1. The Morgan fingerprint density at radius 1 is 0.889 bits per heavy atom. The summed E-state index contributed by atoms with van der Waals surface area (Å²) in [4.78, 5) is 2.20. The first-order valence-corrected chi connectivity index (χ1v) is 6.21. The van der Waals surface area contributed by atoms with Crippen molar-refractivity contribution < 1.29 is 0 Å². The van der Waals surface area contributed by atoms with E-state index in [-0.39, 0.29) is 0 Å². The summed E-state index contributed by atoms with van der Waals surface area (Å²) in [5, 5.41) is 0.